The lowest BCUT2D eigenvalue weighted by molar-refractivity contribution is 0.286. The highest BCUT2D eigenvalue weighted by molar-refractivity contribution is 9.10. The van der Waals surface area contributed by atoms with Crippen LogP contribution in [-0.4, -0.2) is 27.8 Å². The fourth-order valence-corrected chi connectivity index (χ4v) is 3.43. The number of rotatable bonds is 6. The summed E-state index contributed by atoms with van der Waals surface area (Å²) in [6.45, 7) is 2.42. The number of pyridine rings is 1. The largest absolute Gasteiger partial charge is 0.490 e. The Kier molecular flexibility index (Phi) is 5.41. The number of halogens is 1. The van der Waals surface area contributed by atoms with Crippen LogP contribution in [-0.2, 0) is 6.42 Å². The first-order chi connectivity index (χ1) is 13.6. The fraction of sp³-hybridized carbons (Fsp3) is 0.182. The Morgan fingerprint density at radius 2 is 1.89 bits per heavy atom. The van der Waals surface area contributed by atoms with Gasteiger partial charge in [-0.3, -0.25) is 10.1 Å². The number of fused-ring (bicyclic) bond motifs is 1. The van der Waals surface area contributed by atoms with Gasteiger partial charge in [-0.1, -0.05) is 34.1 Å². The smallest absolute Gasteiger partial charge is 0.138 e. The number of aromatic amines is 1. The van der Waals surface area contributed by atoms with Crippen molar-refractivity contribution in [3.63, 3.8) is 0 Å². The minimum absolute atomic E-state index is 0.0882. The Morgan fingerprint density at radius 3 is 2.71 bits per heavy atom. The standard InChI is InChI=1S/C22H21BrN4O/c1-14-21-10-16(4-7-22(21)27-26-14)17-9-20(12-25-11-17)28-13-19(24)8-15-2-5-18(23)6-3-15/h2-7,9-12,19H,8,13,24H2,1H3,(H,26,27)/t19-/m0/s1. The number of ether oxygens (including phenoxy) is 1. The van der Waals surface area contributed by atoms with Gasteiger partial charge in [0.1, 0.15) is 12.4 Å². The normalized spacial score (nSPS) is 12.2. The summed E-state index contributed by atoms with van der Waals surface area (Å²) in [6.07, 6.45) is 4.32. The molecule has 0 fully saturated rings. The summed E-state index contributed by atoms with van der Waals surface area (Å²) in [5.41, 5.74) is 11.5. The van der Waals surface area contributed by atoms with E-state index in [4.69, 9.17) is 10.5 Å². The molecule has 0 unspecified atom stereocenters. The summed E-state index contributed by atoms with van der Waals surface area (Å²) in [6, 6.07) is 16.3. The first-order valence-electron chi connectivity index (χ1n) is 9.11. The molecule has 2 aromatic carbocycles. The second-order valence-corrected chi connectivity index (χ2v) is 7.80. The Morgan fingerprint density at radius 1 is 1.07 bits per heavy atom. The van der Waals surface area contributed by atoms with E-state index in [2.05, 4.69) is 55.4 Å². The van der Waals surface area contributed by atoms with Crippen molar-refractivity contribution in [3.8, 4) is 16.9 Å². The molecular weight excluding hydrogens is 416 g/mol. The quantitative estimate of drug-likeness (QED) is 0.461. The van der Waals surface area contributed by atoms with Crippen molar-refractivity contribution >= 4 is 26.8 Å². The van der Waals surface area contributed by atoms with Gasteiger partial charge in [-0.15, -0.1) is 0 Å². The molecule has 2 aromatic heterocycles. The topological polar surface area (TPSA) is 76.8 Å². The minimum atomic E-state index is -0.0882. The SMILES string of the molecule is Cc1n[nH]c2ccc(-c3cncc(OC[C@@H](N)Cc4ccc(Br)cc4)c3)cc12. The van der Waals surface area contributed by atoms with E-state index in [9.17, 15) is 0 Å². The van der Waals surface area contributed by atoms with Crippen LogP contribution in [0.25, 0.3) is 22.0 Å². The molecule has 3 N–H and O–H groups in total. The fourth-order valence-electron chi connectivity index (χ4n) is 3.17. The van der Waals surface area contributed by atoms with Gasteiger partial charge in [0.25, 0.3) is 0 Å². The molecule has 5 nitrogen and oxygen atoms in total. The average Bonchev–Trinajstić information content (AvgIpc) is 3.09. The van der Waals surface area contributed by atoms with Crippen LogP contribution in [0.3, 0.4) is 0 Å². The lowest BCUT2D eigenvalue weighted by Crippen LogP contribution is -2.30. The maximum Gasteiger partial charge on any atom is 0.138 e. The van der Waals surface area contributed by atoms with Crippen molar-refractivity contribution in [2.24, 2.45) is 5.73 Å². The van der Waals surface area contributed by atoms with Gasteiger partial charge in [-0.2, -0.15) is 5.10 Å². The minimum Gasteiger partial charge on any atom is -0.490 e. The predicted molar refractivity (Wildman–Crippen MR) is 115 cm³/mol. The van der Waals surface area contributed by atoms with E-state index in [-0.39, 0.29) is 6.04 Å². The molecular formula is C22H21BrN4O. The number of hydrogen-bond donors (Lipinski definition) is 2. The molecule has 4 rings (SSSR count). The molecule has 0 radical (unpaired) electrons. The van der Waals surface area contributed by atoms with E-state index in [1.54, 1.807) is 6.20 Å². The summed E-state index contributed by atoms with van der Waals surface area (Å²) in [5.74, 6) is 0.716. The highest BCUT2D eigenvalue weighted by atomic mass is 79.9. The van der Waals surface area contributed by atoms with Crippen LogP contribution in [0.5, 0.6) is 5.75 Å². The summed E-state index contributed by atoms with van der Waals surface area (Å²) in [4.78, 5) is 4.33. The molecule has 1 atom stereocenters. The Hall–Kier alpha value is -2.70. The van der Waals surface area contributed by atoms with Gasteiger partial charge in [-0.05, 0) is 54.8 Å². The summed E-state index contributed by atoms with van der Waals surface area (Å²) < 4.78 is 6.97. The van der Waals surface area contributed by atoms with Crippen LogP contribution >= 0.6 is 15.9 Å². The summed E-state index contributed by atoms with van der Waals surface area (Å²) in [7, 11) is 0. The highest BCUT2D eigenvalue weighted by Gasteiger charge is 2.08. The molecule has 0 bridgehead atoms. The number of benzene rings is 2. The molecule has 4 aromatic rings. The van der Waals surface area contributed by atoms with Crippen LogP contribution in [0, 0.1) is 6.92 Å². The van der Waals surface area contributed by atoms with Crippen molar-refractivity contribution < 1.29 is 4.74 Å². The molecule has 0 amide bonds. The Labute approximate surface area is 172 Å². The number of aryl methyl sites for hydroxylation is 1. The van der Waals surface area contributed by atoms with Crippen molar-refractivity contribution in [2.75, 3.05) is 6.61 Å². The van der Waals surface area contributed by atoms with E-state index in [1.807, 2.05) is 37.4 Å². The van der Waals surface area contributed by atoms with E-state index in [1.165, 1.54) is 5.56 Å². The maximum atomic E-state index is 6.24. The van der Waals surface area contributed by atoms with Gasteiger partial charge in [-0.25, -0.2) is 0 Å². The number of nitrogens with one attached hydrogen (secondary N) is 1. The molecule has 0 saturated carbocycles. The molecule has 142 valence electrons. The van der Waals surface area contributed by atoms with Gasteiger partial charge in [0.05, 0.1) is 17.4 Å². The van der Waals surface area contributed by atoms with Crippen molar-refractivity contribution in [1.29, 1.82) is 0 Å². The summed E-state index contributed by atoms with van der Waals surface area (Å²) in [5, 5.41) is 8.39. The average molecular weight is 437 g/mol. The van der Waals surface area contributed by atoms with Gasteiger partial charge in [0, 0.05) is 27.7 Å². The highest BCUT2D eigenvalue weighted by Crippen LogP contribution is 2.27. The monoisotopic (exact) mass is 436 g/mol. The molecule has 6 heteroatoms. The second kappa shape index (κ2) is 8.12. The van der Waals surface area contributed by atoms with Crippen molar-refractivity contribution in [1.82, 2.24) is 15.2 Å². The third kappa shape index (κ3) is 4.24. The zero-order valence-corrected chi connectivity index (χ0v) is 17.1. The zero-order chi connectivity index (χ0) is 19.5. The van der Waals surface area contributed by atoms with Gasteiger partial charge >= 0.3 is 0 Å². The third-order valence-corrected chi connectivity index (χ3v) is 5.20. The molecule has 0 spiro atoms. The van der Waals surface area contributed by atoms with E-state index >= 15 is 0 Å². The second-order valence-electron chi connectivity index (χ2n) is 6.88. The number of aromatic nitrogens is 3. The van der Waals surface area contributed by atoms with Gasteiger partial charge in [0.15, 0.2) is 0 Å². The van der Waals surface area contributed by atoms with E-state index in [0.29, 0.717) is 12.4 Å². The third-order valence-electron chi connectivity index (χ3n) is 4.68. The van der Waals surface area contributed by atoms with E-state index in [0.717, 1.165) is 38.6 Å². The Bertz CT molecular complexity index is 1090. The van der Waals surface area contributed by atoms with Gasteiger partial charge in [0.2, 0.25) is 0 Å². The number of hydrogen-bond acceptors (Lipinski definition) is 4. The number of nitrogens with two attached hydrogens (primary N) is 1. The van der Waals surface area contributed by atoms with Gasteiger partial charge < -0.3 is 10.5 Å². The van der Waals surface area contributed by atoms with E-state index < -0.39 is 0 Å². The molecule has 0 aliphatic heterocycles. The first kappa shape index (κ1) is 18.7. The van der Waals surface area contributed by atoms with Crippen LogP contribution in [0.4, 0.5) is 0 Å². The molecule has 28 heavy (non-hydrogen) atoms. The van der Waals surface area contributed by atoms with Crippen LogP contribution in [0.1, 0.15) is 11.3 Å². The first-order valence-corrected chi connectivity index (χ1v) is 9.91. The molecule has 0 aliphatic carbocycles. The lowest BCUT2D eigenvalue weighted by atomic mass is 10.0. The lowest BCUT2D eigenvalue weighted by Gasteiger charge is -2.14. The molecule has 0 saturated heterocycles. The van der Waals surface area contributed by atoms with Crippen molar-refractivity contribution in [3.05, 3.63) is 76.7 Å². The molecule has 0 aliphatic rings. The van der Waals surface area contributed by atoms with Crippen LogP contribution in [0.2, 0.25) is 0 Å². The number of H-pyrrole nitrogens is 1. The predicted octanol–water partition coefficient (Wildman–Crippen LogP) is 4.64. The molecule has 2 heterocycles. The number of nitrogens with zero attached hydrogens (tertiary/aromatic N) is 2. The Balaban J connectivity index is 1.44. The van der Waals surface area contributed by atoms with Crippen molar-refractivity contribution in [2.45, 2.75) is 19.4 Å². The van der Waals surface area contributed by atoms with Crippen LogP contribution < -0.4 is 10.5 Å². The maximum absolute atomic E-state index is 6.24. The summed E-state index contributed by atoms with van der Waals surface area (Å²) >= 11 is 3.45. The zero-order valence-electron chi connectivity index (χ0n) is 15.5. The van der Waals surface area contributed by atoms with Crippen LogP contribution in [0.15, 0.2) is 65.4 Å².